The van der Waals surface area contributed by atoms with E-state index in [0.717, 1.165) is 35.0 Å². The van der Waals surface area contributed by atoms with Crippen molar-refractivity contribution in [3.63, 3.8) is 0 Å². The maximum Gasteiger partial charge on any atom is 0.161 e. The molecular weight excluding hydrogens is 284 g/mol. The van der Waals surface area contributed by atoms with Crippen molar-refractivity contribution in [2.45, 2.75) is 26.3 Å². The van der Waals surface area contributed by atoms with E-state index < -0.39 is 0 Å². The van der Waals surface area contributed by atoms with Crippen molar-refractivity contribution in [2.75, 3.05) is 5.32 Å². The Morgan fingerprint density at radius 2 is 1.78 bits per heavy atom. The fraction of sp³-hybridized carbons (Fsp3) is 0.211. The Labute approximate surface area is 136 Å². The Hall–Kier alpha value is -2.75. The molecule has 4 heteroatoms. The molecule has 2 heterocycles. The highest BCUT2D eigenvalue weighted by molar-refractivity contribution is 5.57. The Bertz CT molecular complexity index is 757. The first kappa shape index (κ1) is 15.2. The van der Waals surface area contributed by atoms with Crippen LogP contribution in [0.1, 0.15) is 18.3 Å². The zero-order valence-corrected chi connectivity index (χ0v) is 13.4. The molecule has 0 spiro atoms. The van der Waals surface area contributed by atoms with Gasteiger partial charge in [0, 0.05) is 41.7 Å². The first-order valence-corrected chi connectivity index (χ1v) is 7.78. The van der Waals surface area contributed by atoms with Crippen LogP contribution in [0.4, 0.5) is 5.82 Å². The number of aryl methyl sites for hydroxylation is 1. The number of anilines is 1. The van der Waals surface area contributed by atoms with E-state index in [-0.39, 0.29) is 6.04 Å². The molecule has 4 nitrogen and oxygen atoms in total. The van der Waals surface area contributed by atoms with Crippen molar-refractivity contribution in [3.05, 3.63) is 72.2 Å². The number of pyridine rings is 1. The largest absolute Gasteiger partial charge is 0.367 e. The third kappa shape index (κ3) is 4.13. The molecule has 1 atom stereocenters. The third-order valence-electron chi connectivity index (χ3n) is 3.52. The summed E-state index contributed by atoms with van der Waals surface area (Å²) in [6, 6.07) is 18.2. The second-order valence-electron chi connectivity index (χ2n) is 5.65. The van der Waals surface area contributed by atoms with Crippen molar-refractivity contribution >= 4 is 5.82 Å². The molecule has 0 amide bonds. The van der Waals surface area contributed by atoms with E-state index in [2.05, 4.69) is 27.2 Å². The summed E-state index contributed by atoms with van der Waals surface area (Å²) in [5.41, 5.74) is 3.05. The fourth-order valence-corrected chi connectivity index (χ4v) is 2.49. The van der Waals surface area contributed by atoms with Crippen LogP contribution in [0.15, 0.2) is 60.8 Å². The smallest absolute Gasteiger partial charge is 0.161 e. The maximum atomic E-state index is 4.64. The monoisotopic (exact) mass is 304 g/mol. The summed E-state index contributed by atoms with van der Waals surface area (Å²) in [4.78, 5) is 13.5. The number of rotatable bonds is 5. The first-order chi connectivity index (χ1) is 11.2. The molecule has 3 aromatic rings. The molecule has 0 saturated heterocycles. The van der Waals surface area contributed by atoms with Gasteiger partial charge in [-0.15, -0.1) is 0 Å². The SMILES string of the molecule is Cc1cc(N[C@H](C)Cc2ccccn2)nc(-c2ccccc2)n1. The lowest BCUT2D eigenvalue weighted by Gasteiger charge is -2.15. The van der Waals surface area contributed by atoms with Gasteiger partial charge in [0.1, 0.15) is 5.82 Å². The van der Waals surface area contributed by atoms with Crippen LogP contribution in [0.5, 0.6) is 0 Å². The summed E-state index contributed by atoms with van der Waals surface area (Å²) in [5, 5.41) is 3.45. The van der Waals surface area contributed by atoms with Crippen LogP contribution in [0.25, 0.3) is 11.4 Å². The molecule has 0 fully saturated rings. The van der Waals surface area contributed by atoms with Crippen molar-refractivity contribution in [1.29, 1.82) is 0 Å². The van der Waals surface area contributed by atoms with Crippen LogP contribution < -0.4 is 5.32 Å². The summed E-state index contributed by atoms with van der Waals surface area (Å²) in [6.45, 7) is 4.12. The third-order valence-corrected chi connectivity index (χ3v) is 3.52. The molecule has 0 aliphatic carbocycles. The Morgan fingerprint density at radius 1 is 1.00 bits per heavy atom. The average molecular weight is 304 g/mol. The molecule has 0 aliphatic rings. The maximum absolute atomic E-state index is 4.64. The molecule has 2 aromatic heterocycles. The van der Waals surface area contributed by atoms with Crippen LogP contribution >= 0.6 is 0 Å². The van der Waals surface area contributed by atoms with Crippen LogP contribution in [0.2, 0.25) is 0 Å². The number of benzene rings is 1. The highest BCUT2D eigenvalue weighted by Gasteiger charge is 2.08. The molecule has 1 N–H and O–H groups in total. The molecule has 116 valence electrons. The van der Waals surface area contributed by atoms with E-state index in [1.165, 1.54) is 0 Å². The van der Waals surface area contributed by atoms with Crippen molar-refractivity contribution < 1.29 is 0 Å². The second-order valence-corrected chi connectivity index (χ2v) is 5.65. The van der Waals surface area contributed by atoms with E-state index in [1.807, 2.05) is 67.7 Å². The number of nitrogens with zero attached hydrogens (tertiary/aromatic N) is 3. The summed E-state index contributed by atoms with van der Waals surface area (Å²) in [7, 11) is 0. The number of hydrogen-bond donors (Lipinski definition) is 1. The van der Waals surface area contributed by atoms with Gasteiger partial charge < -0.3 is 5.32 Å². The fourth-order valence-electron chi connectivity index (χ4n) is 2.49. The van der Waals surface area contributed by atoms with Gasteiger partial charge in [0.15, 0.2) is 5.82 Å². The zero-order valence-electron chi connectivity index (χ0n) is 13.4. The first-order valence-electron chi connectivity index (χ1n) is 7.78. The lowest BCUT2D eigenvalue weighted by Crippen LogP contribution is -2.19. The zero-order chi connectivity index (χ0) is 16.1. The Kier molecular flexibility index (Phi) is 4.62. The molecular formula is C19H20N4. The molecule has 3 rings (SSSR count). The summed E-state index contributed by atoms with van der Waals surface area (Å²) >= 11 is 0. The number of aromatic nitrogens is 3. The standard InChI is InChI=1S/C19H20N4/c1-14(12-17-10-6-7-11-20-17)21-18-13-15(2)22-19(23-18)16-8-4-3-5-9-16/h3-11,13-14H,12H2,1-2H3,(H,21,22,23)/t14-/m1/s1. The lowest BCUT2D eigenvalue weighted by molar-refractivity contribution is 0.764. The second kappa shape index (κ2) is 7.01. The molecule has 0 unspecified atom stereocenters. The summed E-state index contributed by atoms with van der Waals surface area (Å²) < 4.78 is 0. The predicted molar refractivity (Wildman–Crippen MR) is 93.2 cm³/mol. The minimum atomic E-state index is 0.239. The van der Waals surface area contributed by atoms with Crippen molar-refractivity contribution in [3.8, 4) is 11.4 Å². The van der Waals surface area contributed by atoms with Gasteiger partial charge in [-0.05, 0) is 26.0 Å². The van der Waals surface area contributed by atoms with Gasteiger partial charge in [0.2, 0.25) is 0 Å². The van der Waals surface area contributed by atoms with E-state index >= 15 is 0 Å². The molecule has 1 aromatic carbocycles. The Morgan fingerprint density at radius 3 is 2.52 bits per heavy atom. The van der Waals surface area contributed by atoms with Gasteiger partial charge in [0.05, 0.1) is 0 Å². The van der Waals surface area contributed by atoms with Crippen LogP contribution in [-0.4, -0.2) is 21.0 Å². The van der Waals surface area contributed by atoms with E-state index in [9.17, 15) is 0 Å². The normalized spacial score (nSPS) is 11.9. The van der Waals surface area contributed by atoms with Crippen LogP contribution in [0.3, 0.4) is 0 Å². The topological polar surface area (TPSA) is 50.7 Å². The van der Waals surface area contributed by atoms with E-state index in [4.69, 9.17) is 0 Å². The molecule has 0 radical (unpaired) electrons. The minimum absolute atomic E-state index is 0.239. The number of nitrogens with one attached hydrogen (secondary N) is 1. The quantitative estimate of drug-likeness (QED) is 0.777. The Balaban J connectivity index is 1.76. The minimum Gasteiger partial charge on any atom is -0.367 e. The van der Waals surface area contributed by atoms with Gasteiger partial charge in [0.25, 0.3) is 0 Å². The van der Waals surface area contributed by atoms with Gasteiger partial charge >= 0.3 is 0 Å². The highest BCUT2D eigenvalue weighted by Crippen LogP contribution is 2.18. The molecule has 0 bridgehead atoms. The van der Waals surface area contributed by atoms with E-state index in [1.54, 1.807) is 0 Å². The van der Waals surface area contributed by atoms with Crippen molar-refractivity contribution in [2.24, 2.45) is 0 Å². The van der Waals surface area contributed by atoms with Crippen molar-refractivity contribution in [1.82, 2.24) is 15.0 Å². The van der Waals surface area contributed by atoms with Crippen LogP contribution in [0, 0.1) is 6.92 Å². The van der Waals surface area contributed by atoms with Gasteiger partial charge in [-0.2, -0.15) is 0 Å². The van der Waals surface area contributed by atoms with Crippen LogP contribution in [-0.2, 0) is 6.42 Å². The lowest BCUT2D eigenvalue weighted by atomic mass is 10.1. The molecule has 23 heavy (non-hydrogen) atoms. The number of hydrogen-bond acceptors (Lipinski definition) is 4. The molecule has 0 aliphatic heterocycles. The summed E-state index contributed by atoms with van der Waals surface area (Å²) in [5.74, 6) is 1.60. The average Bonchev–Trinajstić information content (AvgIpc) is 2.56. The van der Waals surface area contributed by atoms with E-state index in [0.29, 0.717) is 0 Å². The highest BCUT2D eigenvalue weighted by atomic mass is 15.0. The molecule has 0 saturated carbocycles. The van der Waals surface area contributed by atoms with Gasteiger partial charge in [-0.25, -0.2) is 9.97 Å². The predicted octanol–water partition coefficient (Wildman–Crippen LogP) is 3.89. The summed E-state index contributed by atoms with van der Waals surface area (Å²) in [6.07, 6.45) is 2.68. The van der Waals surface area contributed by atoms with Gasteiger partial charge in [-0.1, -0.05) is 36.4 Å². The van der Waals surface area contributed by atoms with Gasteiger partial charge in [-0.3, -0.25) is 4.98 Å².